The minimum Gasteiger partial charge on any atom is -0.497 e. The molecule has 1 aromatic heterocycles. The van der Waals surface area contributed by atoms with Gasteiger partial charge in [-0.3, -0.25) is 9.59 Å². The van der Waals surface area contributed by atoms with Crippen molar-refractivity contribution in [3.63, 3.8) is 0 Å². The highest BCUT2D eigenvalue weighted by atomic mass is 16.5. The van der Waals surface area contributed by atoms with Crippen molar-refractivity contribution < 1.29 is 14.3 Å². The number of carbonyl (C=O) groups excluding carboxylic acids is 2. The summed E-state index contributed by atoms with van der Waals surface area (Å²) in [6, 6.07) is 29.6. The first-order valence-corrected chi connectivity index (χ1v) is 14.0. The number of methoxy groups -OCH3 is 1. The predicted octanol–water partition coefficient (Wildman–Crippen LogP) is 6.28. The zero-order valence-electron chi connectivity index (χ0n) is 24.3. The molecule has 1 N–H and O–H groups in total. The SMILES string of the molecule is COc1ccc(NC(=O)[C@H](c2ccc(C(C)C)cc2)N(Cc2ccccc2C)C(=O)Cn2nnc3ccccc32)cc1. The van der Waals surface area contributed by atoms with E-state index < -0.39 is 6.04 Å². The molecule has 0 aliphatic heterocycles. The molecule has 0 saturated carbocycles. The first-order valence-electron chi connectivity index (χ1n) is 14.0. The van der Waals surface area contributed by atoms with Gasteiger partial charge in [0.15, 0.2) is 0 Å². The molecule has 8 nitrogen and oxygen atoms in total. The summed E-state index contributed by atoms with van der Waals surface area (Å²) in [5.41, 5.74) is 5.92. The van der Waals surface area contributed by atoms with Gasteiger partial charge in [-0.25, -0.2) is 4.68 Å². The number of aryl methyl sites for hydroxylation is 1. The topological polar surface area (TPSA) is 89.4 Å². The van der Waals surface area contributed by atoms with E-state index in [9.17, 15) is 9.59 Å². The third kappa shape index (κ3) is 6.33. The maximum atomic E-state index is 14.2. The Balaban J connectivity index is 1.56. The van der Waals surface area contributed by atoms with Gasteiger partial charge in [-0.2, -0.15) is 0 Å². The number of hydrogen-bond donors (Lipinski definition) is 1. The molecule has 0 unspecified atom stereocenters. The summed E-state index contributed by atoms with van der Waals surface area (Å²) in [5, 5.41) is 11.5. The Hall–Kier alpha value is -4.98. The van der Waals surface area contributed by atoms with E-state index in [4.69, 9.17) is 4.74 Å². The van der Waals surface area contributed by atoms with Crippen LogP contribution in [-0.4, -0.2) is 38.8 Å². The zero-order chi connectivity index (χ0) is 29.6. The van der Waals surface area contributed by atoms with Gasteiger partial charge in [0.2, 0.25) is 5.91 Å². The Morgan fingerprint density at radius 2 is 1.55 bits per heavy atom. The molecular weight excluding hydrogens is 526 g/mol. The Labute approximate surface area is 245 Å². The molecule has 0 aliphatic carbocycles. The lowest BCUT2D eigenvalue weighted by molar-refractivity contribution is -0.140. The lowest BCUT2D eigenvalue weighted by Gasteiger charge is -2.32. The quantitative estimate of drug-likeness (QED) is 0.217. The average molecular weight is 562 g/mol. The van der Waals surface area contributed by atoms with E-state index in [1.807, 2.05) is 79.7 Å². The standard InChI is InChI=1S/C34H35N5O3/c1-23(2)25-13-15-26(16-14-25)33(34(41)35-28-17-19-29(42-4)20-18-28)38(21-27-10-6-5-9-24(27)3)32(40)22-39-31-12-8-7-11-30(31)36-37-39/h5-20,23,33H,21-22H2,1-4H3,(H,35,41)/t33-/m0/s1. The Morgan fingerprint density at radius 1 is 0.881 bits per heavy atom. The summed E-state index contributed by atoms with van der Waals surface area (Å²) >= 11 is 0. The van der Waals surface area contributed by atoms with Crippen molar-refractivity contribution in [2.45, 2.75) is 45.8 Å². The van der Waals surface area contributed by atoms with Crippen molar-refractivity contribution in [1.29, 1.82) is 0 Å². The van der Waals surface area contributed by atoms with Crippen LogP contribution in [0.25, 0.3) is 11.0 Å². The van der Waals surface area contributed by atoms with Crippen LogP contribution in [0.5, 0.6) is 5.75 Å². The van der Waals surface area contributed by atoms with Gasteiger partial charge in [-0.15, -0.1) is 5.10 Å². The number of nitrogens with one attached hydrogen (secondary N) is 1. The van der Waals surface area contributed by atoms with Crippen molar-refractivity contribution in [3.05, 3.63) is 119 Å². The molecule has 2 amide bonds. The molecule has 214 valence electrons. The van der Waals surface area contributed by atoms with E-state index >= 15 is 0 Å². The summed E-state index contributed by atoms with van der Waals surface area (Å²) in [7, 11) is 1.60. The van der Waals surface area contributed by atoms with Gasteiger partial charge >= 0.3 is 0 Å². The molecule has 5 aromatic rings. The number of hydrogen-bond acceptors (Lipinski definition) is 5. The molecule has 8 heteroatoms. The Morgan fingerprint density at radius 3 is 2.24 bits per heavy atom. The second kappa shape index (κ2) is 12.7. The van der Waals surface area contributed by atoms with Crippen LogP contribution in [0.3, 0.4) is 0 Å². The highest BCUT2D eigenvalue weighted by Crippen LogP contribution is 2.29. The third-order valence-corrected chi connectivity index (χ3v) is 7.46. The third-order valence-electron chi connectivity index (χ3n) is 7.46. The molecule has 0 radical (unpaired) electrons. The Bertz CT molecular complexity index is 1680. The summed E-state index contributed by atoms with van der Waals surface area (Å²) in [4.78, 5) is 30.0. The van der Waals surface area contributed by atoms with Crippen molar-refractivity contribution >= 4 is 28.5 Å². The van der Waals surface area contributed by atoms with Gasteiger partial charge in [0, 0.05) is 12.2 Å². The van der Waals surface area contributed by atoms with Crippen LogP contribution < -0.4 is 10.1 Å². The van der Waals surface area contributed by atoms with Crippen LogP contribution in [-0.2, 0) is 22.7 Å². The van der Waals surface area contributed by atoms with E-state index in [2.05, 4.69) is 29.5 Å². The van der Waals surface area contributed by atoms with Gasteiger partial charge in [-0.05, 0) is 71.5 Å². The minimum absolute atomic E-state index is 0.0667. The monoisotopic (exact) mass is 561 g/mol. The average Bonchev–Trinajstić information content (AvgIpc) is 3.41. The molecule has 42 heavy (non-hydrogen) atoms. The number of rotatable bonds is 10. The van der Waals surface area contributed by atoms with Crippen molar-refractivity contribution in [3.8, 4) is 5.75 Å². The van der Waals surface area contributed by atoms with Crippen LogP contribution in [0, 0.1) is 6.92 Å². The summed E-state index contributed by atoms with van der Waals surface area (Å²) in [5.74, 6) is 0.445. The van der Waals surface area contributed by atoms with Gasteiger partial charge < -0.3 is 15.0 Å². The lowest BCUT2D eigenvalue weighted by atomic mass is 9.97. The smallest absolute Gasteiger partial charge is 0.251 e. The number of benzene rings is 4. The van der Waals surface area contributed by atoms with E-state index in [0.29, 0.717) is 22.9 Å². The fraction of sp³-hybridized carbons (Fsp3) is 0.235. The Kier molecular flexibility index (Phi) is 8.62. The largest absolute Gasteiger partial charge is 0.497 e. The number of amides is 2. The molecule has 0 saturated heterocycles. The minimum atomic E-state index is -0.907. The summed E-state index contributed by atoms with van der Waals surface area (Å²) < 4.78 is 6.86. The van der Waals surface area contributed by atoms with Crippen molar-refractivity contribution in [2.75, 3.05) is 12.4 Å². The number of nitrogens with zero attached hydrogens (tertiary/aromatic N) is 4. The molecule has 1 atom stereocenters. The first kappa shape index (κ1) is 28.5. The van der Waals surface area contributed by atoms with Crippen molar-refractivity contribution in [1.82, 2.24) is 19.9 Å². The molecule has 0 bridgehead atoms. The highest BCUT2D eigenvalue weighted by Gasteiger charge is 2.32. The molecule has 0 fully saturated rings. The number of aromatic nitrogens is 3. The van der Waals surface area contributed by atoms with Crippen LogP contribution in [0.2, 0.25) is 0 Å². The van der Waals surface area contributed by atoms with Crippen LogP contribution in [0.4, 0.5) is 5.69 Å². The second-order valence-electron chi connectivity index (χ2n) is 10.6. The second-order valence-corrected chi connectivity index (χ2v) is 10.6. The molecule has 4 aromatic carbocycles. The van der Waals surface area contributed by atoms with Gasteiger partial charge in [0.1, 0.15) is 23.9 Å². The maximum absolute atomic E-state index is 14.2. The number of anilines is 1. The van der Waals surface area contributed by atoms with E-state index in [1.54, 1.807) is 41.0 Å². The normalized spacial score (nSPS) is 11.8. The molecule has 0 aliphatic rings. The summed E-state index contributed by atoms with van der Waals surface area (Å²) in [6.45, 7) is 6.43. The molecule has 5 rings (SSSR count). The predicted molar refractivity (Wildman–Crippen MR) is 164 cm³/mol. The van der Waals surface area contributed by atoms with Gasteiger partial charge in [0.05, 0.1) is 12.6 Å². The van der Waals surface area contributed by atoms with Gasteiger partial charge in [0.25, 0.3) is 5.91 Å². The highest BCUT2D eigenvalue weighted by molar-refractivity contribution is 5.98. The number of carbonyl (C=O) groups is 2. The molecular formula is C34H35N5O3. The van der Waals surface area contributed by atoms with Crippen LogP contribution in [0.1, 0.15) is 48.1 Å². The lowest BCUT2D eigenvalue weighted by Crippen LogP contribution is -2.42. The van der Waals surface area contributed by atoms with E-state index in [-0.39, 0.29) is 24.9 Å². The van der Waals surface area contributed by atoms with E-state index in [1.165, 1.54) is 0 Å². The number of fused-ring (bicyclic) bond motifs is 1. The molecule has 1 heterocycles. The number of ether oxygens (including phenoxy) is 1. The van der Waals surface area contributed by atoms with Crippen LogP contribution in [0.15, 0.2) is 97.1 Å². The fourth-order valence-corrected chi connectivity index (χ4v) is 4.97. The van der Waals surface area contributed by atoms with Crippen molar-refractivity contribution in [2.24, 2.45) is 0 Å². The number of para-hydroxylation sites is 1. The fourth-order valence-electron chi connectivity index (χ4n) is 4.97. The van der Waals surface area contributed by atoms with Crippen LogP contribution >= 0.6 is 0 Å². The zero-order valence-corrected chi connectivity index (χ0v) is 24.3. The maximum Gasteiger partial charge on any atom is 0.251 e. The van der Waals surface area contributed by atoms with E-state index in [0.717, 1.165) is 27.8 Å². The first-order chi connectivity index (χ1) is 20.3. The summed E-state index contributed by atoms with van der Waals surface area (Å²) in [6.07, 6.45) is 0. The molecule has 0 spiro atoms. The van der Waals surface area contributed by atoms with Gasteiger partial charge in [-0.1, -0.05) is 79.7 Å².